The third kappa shape index (κ3) is 2.04. The van der Waals surface area contributed by atoms with E-state index < -0.39 is 0 Å². The van der Waals surface area contributed by atoms with Crippen LogP contribution in [-0.2, 0) is 0 Å². The second-order valence-electron chi connectivity index (χ2n) is 5.47. The summed E-state index contributed by atoms with van der Waals surface area (Å²) in [6, 6.07) is 11.3. The van der Waals surface area contributed by atoms with E-state index in [0.29, 0.717) is 33.8 Å². The Labute approximate surface area is 145 Å². The van der Waals surface area contributed by atoms with Gasteiger partial charge in [0.05, 0.1) is 17.5 Å². The number of tetrazole rings is 1. The van der Waals surface area contributed by atoms with Crippen LogP contribution in [0.5, 0.6) is 0 Å². The van der Waals surface area contributed by atoms with Crippen molar-refractivity contribution in [2.45, 2.75) is 6.92 Å². The fraction of sp³-hybridized carbons (Fsp3) is 0.0625. The molecule has 8 nitrogen and oxygen atoms in total. The molecular weight excluding hydrogens is 342 g/mol. The summed E-state index contributed by atoms with van der Waals surface area (Å²) in [5.41, 5.74) is 2.11. The summed E-state index contributed by atoms with van der Waals surface area (Å²) in [6.45, 7) is 1.84. The van der Waals surface area contributed by atoms with Crippen LogP contribution in [0.1, 0.15) is 5.69 Å². The van der Waals surface area contributed by atoms with Gasteiger partial charge in [0.1, 0.15) is 5.02 Å². The lowest BCUT2D eigenvalue weighted by Crippen LogP contribution is -2.06. The first-order valence-corrected chi connectivity index (χ1v) is 7.88. The molecule has 0 atom stereocenters. The van der Waals surface area contributed by atoms with Crippen molar-refractivity contribution in [3.8, 4) is 17.4 Å². The van der Waals surface area contributed by atoms with Crippen molar-refractivity contribution in [1.29, 1.82) is 0 Å². The van der Waals surface area contributed by atoms with Crippen molar-refractivity contribution in [1.82, 2.24) is 34.8 Å². The summed E-state index contributed by atoms with van der Waals surface area (Å²) in [7, 11) is 0. The predicted molar refractivity (Wildman–Crippen MR) is 90.7 cm³/mol. The molecule has 25 heavy (non-hydrogen) atoms. The molecular formula is C16H10ClN7O. The Morgan fingerprint density at radius 1 is 1.08 bits per heavy atom. The smallest absolute Gasteiger partial charge is 0.240 e. The third-order valence-corrected chi connectivity index (χ3v) is 4.34. The Morgan fingerprint density at radius 2 is 1.96 bits per heavy atom. The molecule has 122 valence electrons. The molecule has 0 bridgehead atoms. The van der Waals surface area contributed by atoms with Crippen LogP contribution >= 0.6 is 11.6 Å². The number of halogens is 1. The van der Waals surface area contributed by atoms with Gasteiger partial charge in [0.25, 0.3) is 0 Å². The number of hydrogen-bond acceptors (Lipinski definition) is 6. The Hall–Kier alpha value is -3.26. The molecule has 1 aromatic carbocycles. The second kappa shape index (κ2) is 5.12. The molecule has 0 unspecified atom stereocenters. The number of aromatic nitrogens is 7. The molecule has 9 heteroatoms. The van der Waals surface area contributed by atoms with Gasteiger partial charge in [-0.05, 0) is 36.4 Å². The van der Waals surface area contributed by atoms with Crippen LogP contribution in [-0.4, -0.2) is 34.8 Å². The van der Waals surface area contributed by atoms with E-state index in [1.54, 1.807) is 22.9 Å². The van der Waals surface area contributed by atoms with Gasteiger partial charge in [-0.3, -0.25) is 0 Å². The summed E-state index contributed by atoms with van der Waals surface area (Å²) in [5, 5.41) is 18.3. The van der Waals surface area contributed by atoms with E-state index in [0.717, 1.165) is 10.9 Å². The number of benzene rings is 1. The van der Waals surface area contributed by atoms with E-state index in [-0.39, 0.29) is 0 Å². The molecule has 0 radical (unpaired) electrons. The van der Waals surface area contributed by atoms with Gasteiger partial charge in [0.2, 0.25) is 5.82 Å². The lowest BCUT2D eigenvalue weighted by molar-refractivity contribution is 0.577. The molecule has 0 aliphatic carbocycles. The first-order valence-electron chi connectivity index (χ1n) is 7.50. The van der Waals surface area contributed by atoms with E-state index in [9.17, 15) is 0 Å². The minimum Gasteiger partial charge on any atom is -0.461 e. The number of hydrogen-bond donors (Lipinski definition) is 0. The summed E-state index contributed by atoms with van der Waals surface area (Å²) in [4.78, 5) is 6.00. The van der Waals surface area contributed by atoms with Gasteiger partial charge in [0, 0.05) is 5.39 Å². The highest BCUT2D eigenvalue weighted by molar-refractivity contribution is 6.34. The van der Waals surface area contributed by atoms with Gasteiger partial charge in [-0.2, -0.15) is 5.10 Å². The van der Waals surface area contributed by atoms with Crippen LogP contribution in [0, 0.1) is 6.92 Å². The summed E-state index contributed by atoms with van der Waals surface area (Å²) < 4.78 is 7.04. The van der Waals surface area contributed by atoms with Crippen LogP contribution in [0.2, 0.25) is 5.02 Å². The van der Waals surface area contributed by atoms with Crippen molar-refractivity contribution in [2.24, 2.45) is 0 Å². The maximum Gasteiger partial charge on any atom is 0.240 e. The monoisotopic (exact) mass is 351 g/mol. The minimum absolute atomic E-state index is 0.381. The van der Waals surface area contributed by atoms with Gasteiger partial charge in [-0.15, -0.1) is 15.0 Å². The predicted octanol–water partition coefficient (Wildman–Crippen LogP) is 3.08. The third-order valence-electron chi connectivity index (χ3n) is 3.89. The number of aryl methyl sites for hydroxylation is 1. The summed E-state index contributed by atoms with van der Waals surface area (Å²) in [6.07, 6.45) is 1.56. The van der Waals surface area contributed by atoms with Gasteiger partial charge in [0.15, 0.2) is 17.2 Å². The van der Waals surface area contributed by atoms with Gasteiger partial charge in [-0.1, -0.05) is 23.7 Å². The van der Waals surface area contributed by atoms with Crippen molar-refractivity contribution in [2.75, 3.05) is 0 Å². The molecule has 0 fully saturated rings. The largest absolute Gasteiger partial charge is 0.461 e. The molecule has 0 spiro atoms. The highest BCUT2D eigenvalue weighted by Gasteiger charge is 2.18. The highest BCUT2D eigenvalue weighted by atomic mass is 35.5. The second-order valence-corrected chi connectivity index (χ2v) is 5.85. The normalized spacial score (nSPS) is 11.6. The Balaban J connectivity index is 1.81. The van der Waals surface area contributed by atoms with E-state index in [2.05, 4.69) is 25.5 Å². The van der Waals surface area contributed by atoms with Crippen LogP contribution in [0.15, 0.2) is 47.1 Å². The Kier molecular flexibility index (Phi) is 2.89. The lowest BCUT2D eigenvalue weighted by Gasteiger charge is -2.06. The molecule has 4 heterocycles. The average molecular weight is 352 g/mol. The first kappa shape index (κ1) is 14.1. The van der Waals surface area contributed by atoms with Crippen molar-refractivity contribution in [3.05, 3.63) is 53.4 Å². The minimum atomic E-state index is 0.381. The zero-order valence-electron chi connectivity index (χ0n) is 13.0. The van der Waals surface area contributed by atoms with Crippen molar-refractivity contribution in [3.63, 3.8) is 0 Å². The molecule has 5 rings (SSSR count). The first-order chi connectivity index (χ1) is 12.2. The topological polar surface area (TPSA) is 86.9 Å². The Bertz CT molecular complexity index is 1220. The van der Waals surface area contributed by atoms with E-state index in [1.165, 1.54) is 4.80 Å². The van der Waals surface area contributed by atoms with Crippen LogP contribution in [0.25, 0.3) is 34.0 Å². The fourth-order valence-electron chi connectivity index (χ4n) is 2.73. The number of furan rings is 1. The maximum absolute atomic E-state index is 6.36. The van der Waals surface area contributed by atoms with Gasteiger partial charge in [-0.25, -0.2) is 9.50 Å². The molecule has 4 aromatic heterocycles. The molecule has 0 aliphatic heterocycles. The molecule has 0 saturated carbocycles. The highest BCUT2D eigenvalue weighted by Crippen LogP contribution is 2.27. The molecule has 0 saturated heterocycles. The van der Waals surface area contributed by atoms with Crippen molar-refractivity contribution >= 4 is 28.2 Å². The molecule has 0 aliphatic rings. The van der Waals surface area contributed by atoms with Gasteiger partial charge >= 0.3 is 0 Å². The summed E-state index contributed by atoms with van der Waals surface area (Å²) in [5.74, 6) is 1.44. The number of rotatable bonds is 2. The zero-order chi connectivity index (χ0) is 17.0. The van der Waals surface area contributed by atoms with Crippen molar-refractivity contribution < 1.29 is 4.42 Å². The van der Waals surface area contributed by atoms with E-state index in [4.69, 9.17) is 16.0 Å². The zero-order valence-corrected chi connectivity index (χ0v) is 13.7. The van der Waals surface area contributed by atoms with Crippen LogP contribution < -0.4 is 0 Å². The summed E-state index contributed by atoms with van der Waals surface area (Å²) >= 11 is 6.36. The lowest BCUT2D eigenvalue weighted by atomic mass is 10.2. The standard InChI is InChI=1S/C16H10ClN7O/c1-9-13(17)16-18-15(10-5-2-3-6-11(10)23(16)20-9)24-21-14(19-22-24)12-7-4-8-25-12/h2-8H,1H3. The van der Waals surface area contributed by atoms with E-state index in [1.807, 2.05) is 31.2 Å². The molecule has 0 N–H and O–H groups in total. The molecule has 5 aromatic rings. The fourth-order valence-corrected chi connectivity index (χ4v) is 2.89. The van der Waals surface area contributed by atoms with Crippen LogP contribution in [0.4, 0.5) is 0 Å². The maximum atomic E-state index is 6.36. The Morgan fingerprint density at radius 3 is 2.80 bits per heavy atom. The SMILES string of the molecule is Cc1nn2c(nc(-n3nnc(-c4ccco4)n3)c3ccccc32)c1Cl. The number of para-hydroxylation sites is 1. The number of nitrogens with zero attached hydrogens (tertiary/aromatic N) is 7. The van der Waals surface area contributed by atoms with E-state index >= 15 is 0 Å². The molecule has 0 amide bonds. The quantitative estimate of drug-likeness (QED) is 0.485. The van der Waals surface area contributed by atoms with Crippen LogP contribution in [0.3, 0.4) is 0 Å². The number of fused-ring (bicyclic) bond motifs is 3. The average Bonchev–Trinajstić information content (AvgIpc) is 3.36. The van der Waals surface area contributed by atoms with Gasteiger partial charge < -0.3 is 4.42 Å².